The first-order chi connectivity index (χ1) is 5.70. The summed E-state index contributed by atoms with van der Waals surface area (Å²) in [5, 5.41) is 3.13. The Balaban J connectivity index is 3.90. The predicted octanol–water partition coefficient (Wildman–Crippen LogP) is 3.15. The van der Waals surface area contributed by atoms with E-state index in [0.29, 0.717) is 0 Å². The van der Waals surface area contributed by atoms with Crippen molar-refractivity contribution in [1.29, 1.82) is 0 Å². The summed E-state index contributed by atoms with van der Waals surface area (Å²) in [5.41, 5.74) is 2.02. The fourth-order valence-electron chi connectivity index (χ4n) is 0.650. The molecular weight excluding hydrogens is 146 g/mol. The van der Waals surface area contributed by atoms with Crippen molar-refractivity contribution >= 4 is 0 Å². The third-order valence-corrected chi connectivity index (χ3v) is 1.39. The second kappa shape index (κ2) is 6.47. The van der Waals surface area contributed by atoms with Crippen LogP contribution in [0.1, 0.15) is 20.8 Å². The van der Waals surface area contributed by atoms with Gasteiger partial charge in [0.05, 0.1) is 0 Å². The molecule has 0 saturated carbocycles. The summed E-state index contributed by atoms with van der Waals surface area (Å²) in [6, 6.07) is 0. The Kier molecular flexibility index (Phi) is 5.80. The number of hydrogen-bond donors (Lipinski definition) is 1. The second-order valence-electron chi connectivity index (χ2n) is 2.51. The van der Waals surface area contributed by atoms with Crippen molar-refractivity contribution in [1.82, 2.24) is 5.32 Å². The molecule has 0 aromatic heterocycles. The Morgan fingerprint density at radius 3 is 2.42 bits per heavy atom. The highest BCUT2D eigenvalue weighted by Crippen LogP contribution is 1.94. The Bertz CT molecular complexity index is 219. The van der Waals surface area contributed by atoms with E-state index in [0.717, 1.165) is 11.4 Å². The molecule has 0 rings (SSSR count). The summed E-state index contributed by atoms with van der Waals surface area (Å²) in [7, 11) is 0. The van der Waals surface area contributed by atoms with Crippen LogP contribution in [0.4, 0.5) is 0 Å². The van der Waals surface area contributed by atoms with Gasteiger partial charge < -0.3 is 5.32 Å². The molecule has 0 amide bonds. The molecule has 0 aromatic rings. The maximum atomic E-state index is 3.84. The first-order valence-corrected chi connectivity index (χ1v) is 4.09. The smallest absolute Gasteiger partial charge is 0.0308 e. The van der Waals surface area contributed by atoms with Crippen molar-refractivity contribution in [3.63, 3.8) is 0 Å². The first kappa shape index (κ1) is 10.8. The van der Waals surface area contributed by atoms with Crippen LogP contribution in [-0.4, -0.2) is 0 Å². The number of nitrogens with one attached hydrogen (secondary N) is 1. The van der Waals surface area contributed by atoms with Gasteiger partial charge in [-0.2, -0.15) is 0 Å². The molecule has 0 aliphatic heterocycles. The van der Waals surface area contributed by atoms with E-state index in [1.807, 2.05) is 51.2 Å². The maximum Gasteiger partial charge on any atom is 0.0308 e. The Hall–Kier alpha value is -1.24. The van der Waals surface area contributed by atoms with Crippen LogP contribution in [0.15, 0.2) is 48.4 Å². The molecule has 0 heterocycles. The first-order valence-electron chi connectivity index (χ1n) is 4.09. The minimum Gasteiger partial charge on any atom is -0.360 e. The molecule has 0 bridgehead atoms. The Morgan fingerprint density at radius 1 is 1.25 bits per heavy atom. The van der Waals surface area contributed by atoms with E-state index >= 15 is 0 Å². The normalized spacial score (nSPS) is 12.8. The van der Waals surface area contributed by atoms with E-state index in [9.17, 15) is 0 Å². The van der Waals surface area contributed by atoms with Crippen LogP contribution in [0.5, 0.6) is 0 Å². The summed E-state index contributed by atoms with van der Waals surface area (Å²) in [4.78, 5) is 0. The highest BCUT2D eigenvalue weighted by molar-refractivity contribution is 5.20. The molecule has 1 N–H and O–H groups in total. The lowest BCUT2D eigenvalue weighted by atomic mass is 10.3. The quantitative estimate of drug-likeness (QED) is 0.628. The van der Waals surface area contributed by atoms with Crippen molar-refractivity contribution in [3.05, 3.63) is 48.4 Å². The lowest BCUT2D eigenvalue weighted by molar-refractivity contribution is 1.00. The summed E-state index contributed by atoms with van der Waals surface area (Å²) in [6.07, 6.45) is 9.85. The van der Waals surface area contributed by atoms with E-state index in [2.05, 4.69) is 11.9 Å². The minimum atomic E-state index is 0.906. The predicted molar refractivity (Wildman–Crippen MR) is 55.7 cm³/mol. The van der Waals surface area contributed by atoms with Crippen LogP contribution in [0.2, 0.25) is 0 Å². The van der Waals surface area contributed by atoms with E-state index in [1.54, 1.807) is 0 Å². The monoisotopic (exact) mass is 163 g/mol. The van der Waals surface area contributed by atoms with Gasteiger partial charge in [0.15, 0.2) is 0 Å². The lowest BCUT2D eigenvalue weighted by Crippen LogP contribution is -2.06. The highest BCUT2D eigenvalue weighted by Gasteiger charge is 1.85. The van der Waals surface area contributed by atoms with Crippen molar-refractivity contribution in [2.24, 2.45) is 0 Å². The molecule has 0 radical (unpaired) electrons. The zero-order valence-electron chi connectivity index (χ0n) is 8.09. The molecule has 0 unspecified atom stereocenters. The van der Waals surface area contributed by atoms with E-state index in [-0.39, 0.29) is 0 Å². The highest BCUT2D eigenvalue weighted by atomic mass is 14.9. The van der Waals surface area contributed by atoms with Gasteiger partial charge in [-0.25, -0.2) is 0 Å². The molecule has 12 heavy (non-hydrogen) atoms. The van der Waals surface area contributed by atoms with Crippen molar-refractivity contribution in [3.8, 4) is 0 Å². The zero-order chi connectivity index (χ0) is 9.40. The molecule has 0 aromatic carbocycles. The zero-order valence-corrected chi connectivity index (χ0v) is 8.09. The fourth-order valence-corrected chi connectivity index (χ4v) is 0.650. The van der Waals surface area contributed by atoms with Crippen LogP contribution in [0, 0.1) is 0 Å². The molecular formula is C11H17N. The van der Waals surface area contributed by atoms with Crippen molar-refractivity contribution in [2.75, 3.05) is 0 Å². The number of rotatable bonds is 4. The maximum absolute atomic E-state index is 3.84. The molecule has 0 atom stereocenters. The third kappa shape index (κ3) is 5.54. The van der Waals surface area contributed by atoms with Gasteiger partial charge in [-0.3, -0.25) is 0 Å². The second-order valence-corrected chi connectivity index (χ2v) is 2.51. The van der Waals surface area contributed by atoms with Crippen LogP contribution in [0.3, 0.4) is 0 Å². The van der Waals surface area contributed by atoms with Crippen LogP contribution < -0.4 is 5.32 Å². The molecule has 0 saturated heterocycles. The SMILES string of the molecule is C=C(/C=C\C=C/C)N/C(C)=C/C. The fraction of sp³-hybridized carbons (Fsp3) is 0.273. The van der Waals surface area contributed by atoms with E-state index in [4.69, 9.17) is 0 Å². The molecule has 1 heteroatoms. The minimum absolute atomic E-state index is 0.906. The Labute approximate surface area is 75.2 Å². The van der Waals surface area contributed by atoms with Gasteiger partial charge >= 0.3 is 0 Å². The molecule has 1 nitrogen and oxygen atoms in total. The van der Waals surface area contributed by atoms with E-state index in [1.165, 1.54) is 0 Å². The molecule has 0 fully saturated rings. The van der Waals surface area contributed by atoms with Gasteiger partial charge in [0.25, 0.3) is 0 Å². The van der Waals surface area contributed by atoms with Gasteiger partial charge in [0.2, 0.25) is 0 Å². The van der Waals surface area contributed by atoms with Gasteiger partial charge in [0, 0.05) is 11.4 Å². The standard InChI is InChI=1S/C11H17N/c1-5-7-8-9-11(4)12-10(3)6-2/h5-9,12H,4H2,1-3H3/b7-5-,9-8-,10-6+. The lowest BCUT2D eigenvalue weighted by Gasteiger charge is -2.03. The number of allylic oxidation sites excluding steroid dienone is 6. The molecule has 0 spiro atoms. The van der Waals surface area contributed by atoms with Gasteiger partial charge in [-0.05, 0) is 26.8 Å². The topological polar surface area (TPSA) is 12.0 Å². The van der Waals surface area contributed by atoms with Gasteiger partial charge in [0.1, 0.15) is 0 Å². The van der Waals surface area contributed by atoms with Crippen LogP contribution in [0.25, 0.3) is 0 Å². The van der Waals surface area contributed by atoms with E-state index < -0.39 is 0 Å². The molecule has 0 aliphatic carbocycles. The molecule has 0 aliphatic rings. The summed E-state index contributed by atoms with van der Waals surface area (Å²) in [5.74, 6) is 0. The van der Waals surface area contributed by atoms with Crippen molar-refractivity contribution in [2.45, 2.75) is 20.8 Å². The molecule has 66 valence electrons. The largest absolute Gasteiger partial charge is 0.360 e. The number of hydrogen-bond acceptors (Lipinski definition) is 1. The average molecular weight is 163 g/mol. The Morgan fingerprint density at radius 2 is 1.92 bits per heavy atom. The third-order valence-electron chi connectivity index (χ3n) is 1.39. The average Bonchev–Trinajstić information content (AvgIpc) is 2.05. The van der Waals surface area contributed by atoms with Crippen LogP contribution >= 0.6 is 0 Å². The van der Waals surface area contributed by atoms with Crippen LogP contribution in [-0.2, 0) is 0 Å². The van der Waals surface area contributed by atoms with Crippen molar-refractivity contribution < 1.29 is 0 Å². The summed E-state index contributed by atoms with van der Waals surface area (Å²) >= 11 is 0. The van der Waals surface area contributed by atoms with Gasteiger partial charge in [-0.15, -0.1) is 0 Å². The van der Waals surface area contributed by atoms with Gasteiger partial charge in [-0.1, -0.05) is 30.9 Å². The summed E-state index contributed by atoms with van der Waals surface area (Å²) in [6.45, 7) is 9.83. The summed E-state index contributed by atoms with van der Waals surface area (Å²) < 4.78 is 0.